The van der Waals surface area contributed by atoms with E-state index < -0.39 is 0 Å². The van der Waals surface area contributed by atoms with Crippen molar-refractivity contribution >= 4 is 11.8 Å². The number of hydrogen-bond acceptors (Lipinski definition) is 4. The largest absolute Gasteiger partial charge is 0.462 e. The molecule has 0 amide bonds. The van der Waals surface area contributed by atoms with Crippen molar-refractivity contribution in [1.82, 2.24) is 0 Å². The molecule has 5 aliphatic rings. The highest BCUT2D eigenvalue weighted by molar-refractivity contribution is 5.92. The number of Topliss-reactive ketones (excluding diaryl/α,β-unsaturated/α-hetero) is 1. The molecule has 0 N–H and O–H groups in total. The smallest absolute Gasteiger partial charge is 0.302 e. The summed E-state index contributed by atoms with van der Waals surface area (Å²) in [6.45, 7) is 13.6. The van der Waals surface area contributed by atoms with Gasteiger partial charge in [-0.15, -0.1) is 0 Å². The van der Waals surface area contributed by atoms with Crippen molar-refractivity contribution in [2.45, 2.75) is 124 Å². The Balaban J connectivity index is 1.35. The highest BCUT2D eigenvalue weighted by Gasteiger charge is 2.79. The first-order valence-corrected chi connectivity index (χ1v) is 13.9. The molecule has 0 aromatic heterocycles. The molecular formula is C29H46O4. The quantitative estimate of drug-likeness (QED) is 0.344. The Kier molecular flexibility index (Phi) is 5.82. The first-order chi connectivity index (χ1) is 15.5. The van der Waals surface area contributed by atoms with E-state index in [-0.39, 0.29) is 35.1 Å². The lowest BCUT2D eigenvalue weighted by Gasteiger charge is -2.58. The van der Waals surface area contributed by atoms with Gasteiger partial charge in [-0.1, -0.05) is 53.9 Å². The van der Waals surface area contributed by atoms with E-state index in [1.807, 2.05) is 0 Å². The molecule has 1 saturated heterocycles. The van der Waals surface area contributed by atoms with E-state index in [1.54, 1.807) is 0 Å². The molecule has 4 saturated carbocycles. The fourth-order valence-electron chi connectivity index (χ4n) is 9.68. The fraction of sp³-hybridized carbons (Fsp3) is 0.931. The Hall–Kier alpha value is -0.900. The highest BCUT2D eigenvalue weighted by Crippen LogP contribution is 2.73. The number of fused-ring (bicyclic) bond motifs is 4. The molecular weight excluding hydrogens is 412 g/mol. The third kappa shape index (κ3) is 3.47. The molecule has 0 aromatic carbocycles. The molecule has 1 aliphatic heterocycles. The van der Waals surface area contributed by atoms with Gasteiger partial charge in [0.1, 0.15) is 17.8 Å². The van der Waals surface area contributed by atoms with Crippen molar-refractivity contribution in [2.24, 2.45) is 46.3 Å². The fourth-order valence-corrected chi connectivity index (χ4v) is 9.68. The number of esters is 1. The van der Waals surface area contributed by atoms with E-state index in [1.165, 1.54) is 45.4 Å². The first-order valence-electron chi connectivity index (χ1n) is 13.9. The summed E-state index contributed by atoms with van der Waals surface area (Å²) in [4.78, 5) is 25.5. The molecule has 4 nitrogen and oxygen atoms in total. The summed E-state index contributed by atoms with van der Waals surface area (Å²) in [5, 5.41) is 0. The molecule has 33 heavy (non-hydrogen) atoms. The molecule has 4 aliphatic carbocycles. The standard InChI is InChI=1S/C29H46O4/c1-17(2)8-7-9-18(3)21-10-11-22-24-23(13-14-27(21,22)5)28(6)15-12-20(32-19(4)30)16-29(28)26(33-29)25(24)31/h17-18,20-24,26H,7-16H2,1-6H3/t18-,20+,21-,22+,23+,24+,26+,27-,28-,29+/m1/s1. The van der Waals surface area contributed by atoms with Crippen molar-refractivity contribution in [3.63, 3.8) is 0 Å². The third-order valence-corrected chi connectivity index (χ3v) is 11.4. The van der Waals surface area contributed by atoms with Crippen molar-refractivity contribution in [3.05, 3.63) is 0 Å². The van der Waals surface area contributed by atoms with E-state index in [4.69, 9.17) is 9.47 Å². The van der Waals surface area contributed by atoms with Crippen molar-refractivity contribution in [1.29, 1.82) is 0 Å². The van der Waals surface area contributed by atoms with Gasteiger partial charge >= 0.3 is 5.97 Å². The summed E-state index contributed by atoms with van der Waals surface area (Å²) < 4.78 is 12.0. The van der Waals surface area contributed by atoms with E-state index in [9.17, 15) is 9.59 Å². The minimum absolute atomic E-state index is 0.0369. The number of carbonyl (C=O) groups is 2. The zero-order valence-corrected chi connectivity index (χ0v) is 21.8. The Bertz CT molecular complexity index is 805. The maximum atomic E-state index is 13.9. The Morgan fingerprint density at radius 2 is 1.82 bits per heavy atom. The molecule has 5 fully saturated rings. The van der Waals surface area contributed by atoms with Crippen LogP contribution in [0.25, 0.3) is 0 Å². The zero-order valence-electron chi connectivity index (χ0n) is 21.8. The summed E-state index contributed by atoms with van der Waals surface area (Å²) in [6.07, 6.45) is 11.2. The summed E-state index contributed by atoms with van der Waals surface area (Å²) in [5.41, 5.74) is -0.0387. The minimum Gasteiger partial charge on any atom is -0.462 e. The lowest BCUT2D eigenvalue weighted by atomic mass is 9.44. The third-order valence-electron chi connectivity index (χ3n) is 11.4. The zero-order chi connectivity index (χ0) is 23.8. The first kappa shape index (κ1) is 23.8. The maximum absolute atomic E-state index is 13.9. The van der Waals surface area contributed by atoms with Crippen LogP contribution in [-0.2, 0) is 19.1 Å². The molecule has 0 radical (unpaired) electrons. The van der Waals surface area contributed by atoms with Gasteiger partial charge in [-0.2, -0.15) is 0 Å². The molecule has 186 valence electrons. The highest BCUT2D eigenvalue weighted by atomic mass is 16.6. The molecule has 5 rings (SSSR count). The second kappa shape index (κ2) is 8.07. The Morgan fingerprint density at radius 3 is 2.52 bits per heavy atom. The number of ether oxygens (including phenoxy) is 2. The minimum atomic E-state index is -0.375. The second-order valence-electron chi connectivity index (χ2n) is 13.5. The van der Waals surface area contributed by atoms with E-state index in [2.05, 4.69) is 34.6 Å². The molecule has 10 atom stereocenters. The number of epoxide rings is 1. The normalized spacial score (nSPS) is 49.0. The van der Waals surface area contributed by atoms with Crippen LogP contribution >= 0.6 is 0 Å². The number of hydrogen-bond donors (Lipinski definition) is 0. The van der Waals surface area contributed by atoms with Gasteiger partial charge in [-0.05, 0) is 73.5 Å². The molecule has 0 unspecified atom stereocenters. The van der Waals surface area contributed by atoms with Crippen molar-refractivity contribution < 1.29 is 19.1 Å². The van der Waals surface area contributed by atoms with E-state index in [0.29, 0.717) is 29.5 Å². The molecule has 1 heterocycles. The van der Waals surface area contributed by atoms with Crippen LogP contribution in [0, 0.1) is 46.3 Å². The van der Waals surface area contributed by atoms with Gasteiger partial charge in [0.2, 0.25) is 0 Å². The number of carbonyl (C=O) groups excluding carboxylic acids is 2. The van der Waals surface area contributed by atoms with Gasteiger partial charge in [-0.3, -0.25) is 9.59 Å². The Morgan fingerprint density at radius 1 is 1.06 bits per heavy atom. The summed E-state index contributed by atoms with van der Waals surface area (Å²) in [5.74, 6) is 3.59. The summed E-state index contributed by atoms with van der Waals surface area (Å²) in [6, 6.07) is 0. The SMILES string of the molecule is CC(=O)O[C@H]1CC[C@]2(C)[C@H]3CC[C@]4(C)[C@@H]([C@H](C)CCCC(C)C)CC[C@H]4[C@@H]3C(=O)[C@@H]3O[C@@]32C1. The second-order valence-corrected chi connectivity index (χ2v) is 13.5. The van der Waals surface area contributed by atoms with Crippen molar-refractivity contribution in [2.75, 3.05) is 0 Å². The molecule has 0 bridgehead atoms. The van der Waals surface area contributed by atoms with E-state index >= 15 is 0 Å². The summed E-state index contributed by atoms with van der Waals surface area (Å²) >= 11 is 0. The van der Waals surface area contributed by atoms with Crippen LogP contribution in [0.1, 0.15) is 106 Å². The van der Waals surface area contributed by atoms with Gasteiger partial charge in [0, 0.05) is 24.7 Å². The summed E-state index contributed by atoms with van der Waals surface area (Å²) in [7, 11) is 0. The van der Waals surface area contributed by atoms with Gasteiger partial charge < -0.3 is 9.47 Å². The van der Waals surface area contributed by atoms with Crippen molar-refractivity contribution in [3.8, 4) is 0 Å². The monoisotopic (exact) mass is 458 g/mol. The van der Waals surface area contributed by atoms with Crippen LogP contribution in [0.4, 0.5) is 0 Å². The van der Waals surface area contributed by atoms with Crippen LogP contribution < -0.4 is 0 Å². The maximum Gasteiger partial charge on any atom is 0.302 e. The van der Waals surface area contributed by atoms with Gasteiger partial charge in [0.05, 0.1) is 0 Å². The van der Waals surface area contributed by atoms with Gasteiger partial charge in [0.25, 0.3) is 0 Å². The van der Waals surface area contributed by atoms with Crippen LogP contribution in [-0.4, -0.2) is 29.6 Å². The molecule has 0 aromatic rings. The van der Waals surface area contributed by atoms with Crippen LogP contribution in [0.5, 0.6) is 0 Å². The molecule has 4 heteroatoms. The number of rotatable bonds is 6. The lowest BCUT2D eigenvalue weighted by molar-refractivity contribution is -0.161. The average Bonchev–Trinajstić information content (AvgIpc) is 3.35. The lowest BCUT2D eigenvalue weighted by Crippen LogP contribution is -2.62. The topological polar surface area (TPSA) is 55.9 Å². The van der Waals surface area contributed by atoms with Gasteiger partial charge in [-0.25, -0.2) is 0 Å². The Labute approximate surface area is 200 Å². The number of ketones is 1. The van der Waals surface area contributed by atoms with Crippen LogP contribution in [0.2, 0.25) is 0 Å². The average molecular weight is 459 g/mol. The van der Waals surface area contributed by atoms with Crippen LogP contribution in [0.3, 0.4) is 0 Å². The van der Waals surface area contributed by atoms with Crippen LogP contribution in [0.15, 0.2) is 0 Å². The van der Waals surface area contributed by atoms with E-state index in [0.717, 1.165) is 37.0 Å². The van der Waals surface area contributed by atoms with Gasteiger partial charge in [0.15, 0.2) is 5.78 Å². The predicted octanol–water partition coefficient (Wildman–Crippen LogP) is 6.35. The molecule has 1 spiro atoms. The predicted molar refractivity (Wildman–Crippen MR) is 129 cm³/mol.